The number of amides is 2. The molecule has 1 aromatic carbocycles. The molecule has 0 bridgehead atoms. The van der Waals surface area contributed by atoms with Gasteiger partial charge in [-0.15, -0.1) is 0 Å². The predicted molar refractivity (Wildman–Crippen MR) is 77.2 cm³/mol. The summed E-state index contributed by atoms with van der Waals surface area (Å²) in [6, 6.07) is 5.17. The van der Waals surface area contributed by atoms with E-state index < -0.39 is 27.1 Å². The van der Waals surface area contributed by atoms with Crippen LogP contribution in [-0.4, -0.2) is 43.1 Å². The molecule has 1 aliphatic rings. The van der Waals surface area contributed by atoms with E-state index in [1.54, 1.807) is 0 Å². The second-order valence-corrected chi connectivity index (χ2v) is 7.25. The molecule has 1 fully saturated rings. The monoisotopic (exact) mass is 312 g/mol. The highest BCUT2D eigenvalue weighted by atomic mass is 32.2. The maximum atomic E-state index is 11.7. The Morgan fingerprint density at radius 3 is 2.43 bits per heavy atom. The molecule has 0 spiro atoms. The maximum Gasteiger partial charge on any atom is 0.335 e. The summed E-state index contributed by atoms with van der Waals surface area (Å²) in [7, 11) is -3.08. The molecule has 1 atom stereocenters. The highest BCUT2D eigenvalue weighted by Crippen LogP contribution is 2.19. The molecule has 2 amide bonds. The molecule has 7 nitrogen and oxygen atoms in total. The van der Waals surface area contributed by atoms with E-state index in [0.717, 1.165) is 0 Å². The van der Waals surface area contributed by atoms with Crippen LogP contribution in [0.15, 0.2) is 24.3 Å². The fourth-order valence-electron chi connectivity index (χ4n) is 2.17. The number of rotatable bonds is 4. The average molecular weight is 312 g/mol. The number of hydrogen-bond donors (Lipinski definition) is 3. The first-order chi connectivity index (χ1) is 9.88. The van der Waals surface area contributed by atoms with Crippen LogP contribution in [0.4, 0.5) is 10.5 Å². The zero-order chi connectivity index (χ0) is 15.5. The topological polar surface area (TPSA) is 113 Å². The lowest BCUT2D eigenvalue weighted by Gasteiger charge is -2.11. The number of carbonyl (C=O) groups is 2. The maximum absolute atomic E-state index is 11.7. The van der Waals surface area contributed by atoms with Crippen molar-refractivity contribution in [3.63, 3.8) is 0 Å². The summed E-state index contributed by atoms with van der Waals surface area (Å²) in [4.78, 5) is 22.4. The SMILES string of the molecule is O=C(NCC1CCCS1(=O)=O)Nc1ccc(C(=O)O)cc1. The van der Waals surface area contributed by atoms with E-state index in [1.807, 2.05) is 0 Å². The molecule has 1 aromatic rings. The van der Waals surface area contributed by atoms with Crippen LogP contribution in [0.3, 0.4) is 0 Å². The van der Waals surface area contributed by atoms with E-state index >= 15 is 0 Å². The predicted octanol–water partition coefficient (Wildman–Crippen LogP) is 1.08. The number of carbonyl (C=O) groups excluding carboxylic acids is 1. The summed E-state index contributed by atoms with van der Waals surface area (Å²) >= 11 is 0. The van der Waals surface area contributed by atoms with Crippen LogP contribution in [0.2, 0.25) is 0 Å². The van der Waals surface area contributed by atoms with Crippen molar-refractivity contribution in [3.8, 4) is 0 Å². The molecule has 2 rings (SSSR count). The third-order valence-electron chi connectivity index (χ3n) is 3.34. The Morgan fingerprint density at radius 2 is 1.90 bits per heavy atom. The molecular weight excluding hydrogens is 296 g/mol. The van der Waals surface area contributed by atoms with Crippen molar-refractivity contribution in [1.82, 2.24) is 5.32 Å². The summed E-state index contributed by atoms with van der Waals surface area (Å²) in [6.07, 6.45) is 1.20. The highest BCUT2D eigenvalue weighted by Gasteiger charge is 2.31. The number of nitrogens with one attached hydrogen (secondary N) is 2. The fraction of sp³-hybridized carbons (Fsp3) is 0.385. The van der Waals surface area contributed by atoms with Crippen LogP contribution in [0, 0.1) is 0 Å². The van der Waals surface area contributed by atoms with Crippen molar-refractivity contribution in [3.05, 3.63) is 29.8 Å². The first-order valence-electron chi connectivity index (χ1n) is 6.48. The Kier molecular flexibility index (Phi) is 4.46. The van der Waals surface area contributed by atoms with Crippen LogP contribution >= 0.6 is 0 Å². The van der Waals surface area contributed by atoms with Gasteiger partial charge in [-0.2, -0.15) is 0 Å². The number of benzene rings is 1. The zero-order valence-corrected chi connectivity index (χ0v) is 12.0. The normalized spacial score (nSPS) is 19.9. The van der Waals surface area contributed by atoms with E-state index in [9.17, 15) is 18.0 Å². The van der Waals surface area contributed by atoms with E-state index in [1.165, 1.54) is 24.3 Å². The fourth-order valence-corrected chi connectivity index (χ4v) is 3.93. The summed E-state index contributed by atoms with van der Waals surface area (Å²) in [5, 5.41) is 13.3. The molecule has 1 aliphatic heterocycles. The van der Waals surface area contributed by atoms with Gasteiger partial charge in [0.05, 0.1) is 16.6 Å². The Labute approximate surface area is 122 Å². The van der Waals surface area contributed by atoms with Crippen molar-refractivity contribution in [2.75, 3.05) is 17.6 Å². The molecule has 3 N–H and O–H groups in total. The van der Waals surface area contributed by atoms with E-state index in [2.05, 4.69) is 10.6 Å². The molecule has 0 radical (unpaired) electrons. The van der Waals surface area contributed by atoms with Crippen molar-refractivity contribution < 1.29 is 23.1 Å². The number of anilines is 1. The van der Waals surface area contributed by atoms with Gasteiger partial charge in [0.15, 0.2) is 9.84 Å². The Bertz CT molecular complexity index is 639. The smallest absolute Gasteiger partial charge is 0.335 e. The zero-order valence-electron chi connectivity index (χ0n) is 11.2. The Hall–Kier alpha value is -2.09. The van der Waals surface area contributed by atoms with Crippen molar-refractivity contribution in [2.45, 2.75) is 18.1 Å². The van der Waals surface area contributed by atoms with Gasteiger partial charge in [0, 0.05) is 12.2 Å². The van der Waals surface area contributed by atoms with Gasteiger partial charge < -0.3 is 15.7 Å². The van der Waals surface area contributed by atoms with Crippen LogP contribution in [0.1, 0.15) is 23.2 Å². The molecule has 1 unspecified atom stereocenters. The Morgan fingerprint density at radius 1 is 1.24 bits per heavy atom. The number of hydrogen-bond acceptors (Lipinski definition) is 4. The lowest BCUT2D eigenvalue weighted by molar-refractivity contribution is 0.0697. The van der Waals surface area contributed by atoms with Gasteiger partial charge in [0.1, 0.15) is 0 Å². The van der Waals surface area contributed by atoms with Gasteiger partial charge in [-0.05, 0) is 37.1 Å². The minimum atomic E-state index is -3.08. The van der Waals surface area contributed by atoms with Crippen molar-refractivity contribution in [1.29, 1.82) is 0 Å². The minimum Gasteiger partial charge on any atom is -0.478 e. The molecule has 1 saturated heterocycles. The number of urea groups is 1. The van der Waals surface area contributed by atoms with Crippen molar-refractivity contribution in [2.24, 2.45) is 0 Å². The molecule has 1 heterocycles. The number of sulfone groups is 1. The molecule has 21 heavy (non-hydrogen) atoms. The third-order valence-corrected chi connectivity index (χ3v) is 5.62. The van der Waals surface area contributed by atoms with Crippen LogP contribution < -0.4 is 10.6 Å². The number of carboxylic acids is 1. The van der Waals surface area contributed by atoms with Gasteiger partial charge in [0.25, 0.3) is 0 Å². The molecule has 0 aromatic heterocycles. The van der Waals surface area contributed by atoms with Gasteiger partial charge in [-0.3, -0.25) is 0 Å². The molecule has 114 valence electrons. The van der Waals surface area contributed by atoms with Gasteiger partial charge in [0.2, 0.25) is 0 Å². The lowest BCUT2D eigenvalue weighted by atomic mass is 10.2. The van der Waals surface area contributed by atoms with E-state index in [4.69, 9.17) is 5.11 Å². The van der Waals surface area contributed by atoms with Crippen LogP contribution in [0.25, 0.3) is 0 Å². The number of aromatic carboxylic acids is 1. The average Bonchev–Trinajstić information content (AvgIpc) is 2.76. The summed E-state index contributed by atoms with van der Waals surface area (Å²) in [5.74, 6) is -0.866. The largest absolute Gasteiger partial charge is 0.478 e. The molecular formula is C13H16N2O5S. The third kappa shape index (κ3) is 3.94. The van der Waals surface area contributed by atoms with Crippen molar-refractivity contribution >= 4 is 27.5 Å². The standard InChI is InChI=1S/C13H16N2O5S/c16-12(17)9-3-5-10(6-4-9)15-13(18)14-8-11-2-1-7-21(11,19)20/h3-6,11H,1-2,7-8H2,(H,16,17)(H2,14,15,18). The molecule has 0 saturated carbocycles. The lowest BCUT2D eigenvalue weighted by Crippen LogP contribution is -2.37. The van der Waals surface area contributed by atoms with Crippen LogP contribution in [0.5, 0.6) is 0 Å². The summed E-state index contributed by atoms with van der Waals surface area (Å²) < 4.78 is 23.2. The summed E-state index contributed by atoms with van der Waals surface area (Å²) in [5.41, 5.74) is 0.560. The molecule has 8 heteroatoms. The number of carboxylic acid groups (broad SMARTS) is 1. The van der Waals surface area contributed by atoms with Gasteiger partial charge >= 0.3 is 12.0 Å². The first kappa shape index (κ1) is 15.3. The quantitative estimate of drug-likeness (QED) is 0.770. The second-order valence-electron chi connectivity index (χ2n) is 4.85. The molecule has 0 aliphatic carbocycles. The summed E-state index contributed by atoms with van der Waals surface area (Å²) in [6.45, 7) is 0.0847. The van der Waals surface area contributed by atoms with E-state index in [-0.39, 0.29) is 17.9 Å². The van der Waals surface area contributed by atoms with E-state index in [0.29, 0.717) is 18.5 Å². The van der Waals surface area contributed by atoms with Gasteiger partial charge in [-0.1, -0.05) is 0 Å². The minimum absolute atomic E-state index is 0.0847. The van der Waals surface area contributed by atoms with Gasteiger partial charge in [-0.25, -0.2) is 18.0 Å². The Balaban J connectivity index is 1.86. The second kappa shape index (κ2) is 6.13. The van der Waals surface area contributed by atoms with Crippen LogP contribution in [-0.2, 0) is 9.84 Å². The first-order valence-corrected chi connectivity index (χ1v) is 8.20. The highest BCUT2D eigenvalue weighted by molar-refractivity contribution is 7.92.